The zero-order chi connectivity index (χ0) is 39.9. The molecule has 8 amide bonds. The molecule has 1 aliphatic heterocycles. The van der Waals surface area contributed by atoms with Crippen LogP contribution in [0.3, 0.4) is 0 Å². The second kappa shape index (κ2) is 20.7. The van der Waals surface area contributed by atoms with Gasteiger partial charge < -0.3 is 63.4 Å². The number of primary amides is 2. The van der Waals surface area contributed by atoms with Crippen molar-refractivity contribution in [2.45, 2.75) is 108 Å². The lowest BCUT2D eigenvalue weighted by Crippen LogP contribution is -2.60. The Morgan fingerprint density at radius 1 is 0.692 bits per heavy atom. The van der Waals surface area contributed by atoms with Crippen molar-refractivity contribution >= 4 is 65.2 Å². The molecule has 0 aromatic rings. The Kier molecular flexibility index (Phi) is 17.6. The van der Waals surface area contributed by atoms with Crippen LogP contribution in [-0.2, 0) is 52.7 Å². The van der Waals surface area contributed by atoms with E-state index in [2.05, 4.69) is 21.3 Å². The molecule has 23 heteroatoms. The zero-order valence-electron chi connectivity index (χ0n) is 28.3. The number of hydrogen-bond donors (Lipinski definition) is 11. The molecule has 290 valence electrons. The number of carbonyl (C=O) groups excluding carboxylic acids is 8. The van der Waals surface area contributed by atoms with Gasteiger partial charge in [-0.3, -0.25) is 52.7 Å². The largest absolute Gasteiger partial charge is 0.481 e. The minimum atomic E-state index is -1.87. The number of aliphatic carboxylic acids is 3. The summed E-state index contributed by atoms with van der Waals surface area (Å²) >= 11 is 0. The maximum absolute atomic E-state index is 13.7. The van der Waals surface area contributed by atoms with E-state index in [4.69, 9.17) is 21.7 Å². The summed E-state index contributed by atoms with van der Waals surface area (Å²) in [6.45, 7) is 2.08. The van der Waals surface area contributed by atoms with Crippen molar-refractivity contribution < 1.29 is 73.2 Å². The van der Waals surface area contributed by atoms with Crippen molar-refractivity contribution in [2.75, 3.05) is 6.54 Å². The fourth-order valence-corrected chi connectivity index (χ4v) is 5.07. The van der Waals surface area contributed by atoms with E-state index >= 15 is 0 Å². The number of carbonyl (C=O) groups is 11. The highest BCUT2D eigenvalue weighted by Crippen LogP contribution is 2.20. The molecule has 0 spiro atoms. The molecule has 23 nitrogen and oxygen atoms in total. The number of amides is 8. The molecule has 1 fully saturated rings. The molecule has 0 aromatic heterocycles. The number of hydrogen-bond acceptors (Lipinski definition) is 12. The van der Waals surface area contributed by atoms with Crippen molar-refractivity contribution in [3.8, 4) is 0 Å². The molecule has 1 aliphatic rings. The van der Waals surface area contributed by atoms with E-state index in [0.717, 1.165) is 11.8 Å². The lowest BCUT2D eigenvalue weighted by molar-refractivity contribution is -0.146. The molecule has 1 saturated heterocycles. The lowest BCUT2D eigenvalue weighted by atomic mass is 10.1. The number of aliphatic hydroxyl groups excluding tert-OH is 1. The minimum Gasteiger partial charge on any atom is -0.481 e. The average molecular weight is 745 g/mol. The summed E-state index contributed by atoms with van der Waals surface area (Å²) in [7, 11) is 0. The predicted octanol–water partition coefficient (Wildman–Crippen LogP) is -5.63. The van der Waals surface area contributed by atoms with Crippen LogP contribution in [0.2, 0.25) is 0 Å². The lowest BCUT2D eigenvalue weighted by Gasteiger charge is -2.30. The quantitative estimate of drug-likeness (QED) is 0.0492. The van der Waals surface area contributed by atoms with E-state index in [9.17, 15) is 63.0 Å². The summed E-state index contributed by atoms with van der Waals surface area (Å²) < 4.78 is 0. The van der Waals surface area contributed by atoms with Crippen LogP contribution < -0.4 is 38.1 Å². The first kappa shape index (κ1) is 44.2. The van der Waals surface area contributed by atoms with Gasteiger partial charge in [0.25, 0.3) is 0 Å². The molecule has 52 heavy (non-hydrogen) atoms. The number of carboxylic acid groups (broad SMARTS) is 3. The van der Waals surface area contributed by atoms with Gasteiger partial charge in [-0.2, -0.15) is 0 Å². The van der Waals surface area contributed by atoms with Crippen molar-refractivity contribution in [3.05, 3.63) is 0 Å². The minimum absolute atomic E-state index is 0.0390. The molecule has 1 heterocycles. The standard InChI is InChI=1S/C29H44N8O15/c1-12(38)23(32-13(2)39)28(51)34-14(5-7-19(30)40)26(49)36-17(11-22(45)46)29(52)37-9-3-4-18(37)27(50)33-15(6-8-20(41)42)25(48)35-16(24(31)47)10-21(43)44/h12,14-18,23,38H,3-11H2,1-2H3,(H2,30,40)(H2,31,47)(H,32,39)(H,33,50)(H,34,51)(H,35,48)(H,36,49)(H,41,42)(H,43,44)(H,45,46)/t12-,14+,15+,16+,17+,18+,23+/m1/s1. The maximum atomic E-state index is 13.7. The molecule has 7 atom stereocenters. The maximum Gasteiger partial charge on any atom is 0.305 e. The summed E-state index contributed by atoms with van der Waals surface area (Å²) in [6, 6.07) is -9.84. The molecular weight excluding hydrogens is 700 g/mol. The van der Waals surface area contributed by atoms with Crippen LogP contribution in [0.1, 0.15) is 65.2 Å². The number of nitrogens with two attached hydrogens (primary N) is 2. The third-order valence-corrected chi connectivity index (χ3v) is 7.59. The summed E-state index contributed by atoms with van der Waals surface area (Å²) in [6.07, 6.45) is -5.42. The van der Waals surface area contributed by atoms with Gasteiger partial charge in [0.2, 0.25) is 47.3 Å². The molecular formula is C29H44N8O15. The molecule has 1 rings (SSSR count). The Morgan fingerprint density at radius 2 is 1.19 bits per heavy atom. The van der Waals surface area contributed by atoms with Gasteiger partial charge in [0.1, 0.15) is 36.3 Å². The summed E-state index contributed by atoms with van der Waals surface area (Å²) in [5.74, 6) is -12.8. The number of rotatable bonds is 22. The van der Waals surface area contributed by atoms with E-state index in [1.807, 2.05) is 5.32 Å². The highest BCUT2D eigenvalue weighted by molar-refractivity contribution is 5.98. The first-order valence-corrected chi connectivity index (χ1v) is 15.8. The number of aliphatic hydroxyl groups is 1. The average Bonchev–Trinajstić information content (AvgIpc) is 3.52. The van der Waals surface area contributed by atoms with E-state index in [1.54, 1.807) is 0 Å². The van der Waals surface area contributed by atoms with E-state index < -0.39 is 146 Å². The molecule has 0 aromatic carbocycles. The van der Waals surface area contributed by atoms with Crippen LogP contribution in [0.25, 0.3) is 0 Å². The van der Waals surface area contributed by atoms with Crippen LogP contribution >= 0.6 is 0 Å². The van der Waals surface area contributed by atoms with Gasteiger partial charge >= 0.3 is 17.9 Å². The number of nitrogens with one attached hydrogen (secondary N) is 5. The highest BCUT2D eigenvalue weighted by atomic mass is 16.4. The molecule has 0 bridgehead atoms. The van der Waals surface area contributed by atoms with Gasteiger partial charge in [0.15, 0.2) is 0 Å². The Hall–Kier alpha value is -5.87. The topological polar surface area (TPSA) is 384 Å². The fraction of sp³-hybridized carbons (Fsp3) is 0.621. The van der Waals surface area contributed by atoms with E-state index in [-0.39, 0.29) is 19.4 Å². The van der Waals surface area contributed by atoms with Crippen LogP contribution in [0, 0.1) is 0 Å². The fourth-order valence-electron chi connectivity index (χ4n) is 5.07. The van der Waals surface area contributed by atoms with Crippen LogP contribution in [0.15, 0.2) is 0 Å². The Labute approximate surface area is 295 Å². The Balaban J connectivity index is 3.30. The van der Waals surface area contributed by atoms with Gasteiger partial charge in [-0.05, 0) is 32.6 Å². The molecule has 0 unspecified atom stereocenters. The van der Waals surface area contributed by atoms with Gasteiger partial charge in [0, 0.05) is 26.3 Å². The molecule has 0 radical (unpaired) electrons. The smallest absolute Gasteiger partial charge is 0.305 e. The first-order valence-electron chi connectivity index (χ1n) is 15.8. The predicted molar refractivity (Wildman–Crippen MR) is 171 cm³/mol. The van der Waals surface area contributed by atoms with Gasteiger partial charge in [0.05, 0.1) is 18.9 Å². The molecule has 13 N–H and O–H groups in total. The van der Waals surface area contributed by atoms with Crippen LogP contribution in [0.4, 0.5) is 0 Å². The van der Waals surface area contributed by atoms with Crippen molar-refractivity contribution in [1.82, 2.24) is 31.5 Å². The number of likely N-dealkylation sites (tertiary alicyclic amines) is 1. The second-order valence-corrected chi connectivity index (χ2v) is 11.9. The van der Waals surface area contributed by atoms with E-state index in [1.165, 1.54) is 6.92 Å². The third kappa shape index (κ3) is 14.9. The summed E-state index contributed by atoms with van der Waals surface area (Å²) in [5.41, 5.74) is 10.3. The third-order valence-electron chi connectivity index (χ3n) is 7.59. The first-order chi connectivity index (χ1) is 24.1. The monoisotopic (exact) mass is 744 g/mol. The van der Waals surface area contributed by atoms with Crippen LogP contribution in [0.5, 0.6) is 0 Å². The highest BCUT2D eigenvalue weighted by Gasteiger charge is 2.41. The summed E-state index contributed by atoms with van der Waals surface area (Å²) in [5, 5.41) is 48.5. The van der Waals surface area contributed by atoms with E-state index in [0.29, 0.717) is 0 Å². The Bertz CT molecular complexity index is 1420. The van der Waals surface area contributed by atoms with Crippen molar-refractivity contribution in [3.63, 3.8) is 0 Å². The van der Waals surface area contributed by atoms with Gasteiger partial charge in [-0.15, -0.1) is 0 Å². The molecule has 0 saturated carbocycles. The second-order valence-electron chi connectivity index (χ2n) is 11.9. The SMILES string of the molecule is CC(=O)N[C@H](C(=O)N[C@@H](CCC(N)=O)C(=O)N[C@@H](CC(=O)O)C(=O)N1CCC[C@H]1C(=O)N[C@@H](CCC(=O)O)C(=O)N[C@@H](CC(=O)O)C(N)=O)[C@@H](C)O. The Morgan fingerprint density at radius 3 is 1.67 bits per heavy atom. The van der Waals surface area contributed by atoms with Gasteiger partial charge in [-0.1, -0.05) is 0 Å². The van der Waals surface area contributed by atoms with Crippen molar-refractivity contribution in [2.24, 2.45) is 11.5 Å². The number of carboxylic acids is 3. The van der Waals surface area contributed by atoms with Gasteiger partial charge in [-0.25, -0.2) is 0 Å². The zero-order valence-corrected chi connectivity index (χ0v) is 28.3. The number of nitrogens with zero attached hydrogens (tertiary/aromatic N) is 1. The summed E-state index contributed by atoms with van der Waals surface area (Å²) in [4.78, 5) is 136. The normalized spacial score (nSPS) is 17.1. The van der Waals surface area contributed by atoms with Crippen molar-refractivity contribution in [1.29, 1.82) is 0 Å². The molecule has 0 aliphatic carbocycles. The van der Waals surface area contributed by atoms with Crippen LogP contribution in [-0.4, -0.2) is 139 Å².